The number of hydrogen-bond donors (Lipinski definition) is 0. The van der Waals surface area contributed by atoms with Gasteiger partial charge in [-0.1, -0.05) is 35.9 Å². The summed E-state index contributed by atoms with van der Waals surface area (Å²) in [5.41, 5.74) is 9.01. The lowest BCUT2D eigenvalue weighted by atomic mass is 9.91. The van der Waals surface area contributed by atoms with E-state index in [1.165, 1.54) is 22.3 Å². The summed E-state index contributed by atoms with van der Waals surface area (Å²) < 4.78 is 0. The van der Waals surface area contributed by atoms with E-state index in [-0.39, 0.29) is 5.91 Å². The van der Waals surface area contributed by atoms with E-state index in [1.54, 1.807) is 12.4 Å². The van der Waals surface area contributed by atoms with E-state index in [9.17, 15) is 4.79 Å². The van der Waals surface area contributed by atoms with Crippen molar-refractivity contribution in [1.29, 1.82) is 0 Å². The Balaban J connectivity index is 1.45. The second-order valence-electron chi connectivity index (χ2n) is 7.49. The maximum Gasteiger partial charge on any atom is 0.227 e. The standard InChI is InChI=1S/C23H20N4O/c1-15-3-2-4-16(7-15)13-27-14-20-9-21-19(8-18(20)10-22(27)28)11-24-23(21)17-5-6-25-26-12-17/h2-9,12H,10-11,13-14H2,1H3. The maximum atomic E-state index is 12.7. The summed E-state index contributed by atoms with van der Waals surface area (Å²) in [5.74, 6) is 0.187. The monoisotopic (exact) mass is 368 g/mol. The van der Waals surface area contributed by atoms with Crippen molar-refractivity contribution in [3.05, 3.63) is 93.8 Å². The molecule has 0 radical (unpaired) electrons. The number of nitrogens with zero attached hydrogens (tertiary/aromatic N) is 4. The molecule has 3 aromatic rings. The Morgan fingerprint density at radius 2 is 1.96 bits per heavy atom. The fraction of sp³-hybridized carbons (Fsp3) is 0.217. The van der Waals surface area contributed by atoms with E-state index in [4.69, 9.17) is 4.99 Å². The molecule has 0 atom stereocenters. The van der Waals surface area contributed by atoms with Crippen LogP contribution in [-0.4, -0.2) is 26.7 Å². The second kappa shape index (κ2) is 6.68. The molecule has 0 spiro atoms. The van der Waals surface area contributed by atoms with Crippen molar-refractivity contribution in [2.75, 3.05) is 0 Å². The summed E-state index contributed by atoms with van der Waals surface area (Å²) in [6.07, 6.45) is 3.90. The van der Waals surface area contributed by atoms with Gasteiger partial charge in [-0.3, -0.25) is 9.79 Å². The van der Waals surface area contributed by atoms with Crippen LogP contribution in [0.2, 0.25) is 0 Å². The smallest absolute Gasteiger partial charge is 0.227 e. The number of aryl methyl sites for hydroxylation is 1. The molecule has 2 aromatic carbocycles. The van der Waals surface area contributed by atoms with Gasteiger partial charge < -0.3 is 4.90 Å². The third-order valence-electron chi connectivity index (χ3n) is 5.46. The first-order valence-electron chi connectivity index (χ1n) is 9.47. The maximum absolute atomic E-state index is 12.7. The summed E-state index contributed by atoms with van der Waals surface area (Å²) in [7, 11) is 0. The number of rotatable bonds is 3. The number of aliphatic imine (C=N–C) groups is 1. The zero-order valence-electron chi connectivity index (χ0n) is 15.7. The molecule has 2 aliphatic rings. The highest BCUT2D eigenvalue weighted by molar-refractivity contribution is 6.15. The molecule has 0 N–H and O–H groups in total. The molecule has 1 aromatic heterocycles. The minimum absolute atomic E-state index is 0.187. The lowest BCUT2D eigenvalue weighted by molar-refractivity contribution is -0.132. The molecule has 0 fully saturated rings. The van der Waals surface area contributed by atoms with Gasteiger partial charge >= 0.3 is 0 Å². The number of carbonyl (C=O) groups is 1. The van der Waals surface area contributed by atoms with Gasteiger partial charge in [0.1, 0.15) is 0 Å². The third kappa shape index (κ3) is 2.99. The average molecular weight is 368 g/mol. The lowest BCUT2D eigenvalue weighted by Crippen LogP contribution is -2.35. The molecule has 5 rings (SSSR count). The van der Waals surface area contributed by atoms with Crippen LogP contribution >= 0.6 is 0 Å². The fourth-order valence-electron chi connectivity index (χ4n) is 4.07. The lowest BCUT2D eigenvalue weighted by Gasteiger charge is -2.29. The first-order valence-corrected chi connectivity index (χ1v) is 9.47. The Kier molecular flexibility index (Phi) is 4.01. The van der Waals surface area contributed by atoms with Gasteiger partial charge in [-0.05, 0) is 41.3 Å². The average Bonchev–Trinajstić information content (AvgIpc) is 3.10. The Morgan fingerprint density at radius 3 is 2.79 bits per heavy atom. The van der Waals surface area contributed by atoms with Crippen molar-refractivity contribution in [3.63, 3.8) is 0 Å². The van der Waals surface area contributed by atoms with Crippen LogP contribution < -0.4 is 0 Å². The molecule has 2 aliphatic heterocycles. The number of amides is 1. The number of hydrogen-bond acceptors (Lipinski definition) is 4. The summed E-state index contributed by atoms with van der Waals surface area (Å²) in [6.45, 7) is 4.01. The van der Waals surface area contributed by atoms with Gasteiger partial charge in [-0.2, -0.15) is 10.2 Å². The molecule has 0 unspecified atom stereocenters. The molecule has 5 nitrogen and oxygen atoms in total. The molecule has 5 heteroatoms. The van der Waals surface area contributed by atoms with Crippen molar-refractivity contribution < 1.29 is 4.79 Å². The zero-order chi connectivity index (χ0) is 19.1. The van der Waals surface area contributed by atoms with Gasteiger partial charge in [-0.25, -0.2) is 0 Å². The normalized spacial score (nSPS) is 15.2. The summed E-state index contributed by atoms with van der Waals surface area (Å²) in [5, 5.41) is 7.84. The van der Waals surface area contributed by atoms with E-state index in [2.05, 4.69) is 47.5 Å². The van der Waals surface area contributed by atoms with Crippen molar-refractivity contribution >= 4 is 11.6 Å². The Bertz CT molecular complexity index is 1100. The second-order valence-corrected chi connectivity index (χ2v) is 7.49. The number of aromatic nitrogens is 2. The van der Waals surface area contributed by atoms with Crippen LogP contribution in [0.4, 0.5) is 0 Å². The number of fused-ring (bicyclic) bond motifs is 2. The first kappa shape index (κ1) is 16.8. The molecule has 1 amide bonds. The van der Waals surface area contributed by atoms with Gasteiger partial charge in [0, 0.05) is 24.2 Å². The number of carbonyl (C=O) groups excluding carboxylic acids is 1. The predicted molar refractivity (Wildman–Crippen MR) is 107 cm³/mol. The highest BCUT2D eigenvalue weighted by Crippen LogP contribution is 2.30. The van der Waals surface area contributed by atoms with Crippen LogP contribution in [-0.2, 0) is 30.8 Å². The predicted octanol–water partition coefficient (Wildman–Crippen LogP) is 3.22. The molecular formula is C23H20N4O. The molecule has 0 saturated carbocycles. The summed E-state index contributed by atoms with van der Waals surface area (Å²) in [4.78, 5) is 19.4. The Hall–Kier alpha value is -3.34. The van der Waals surface area contributed by atoms with Gasteiger partial charge in [0.2, 0.25) is 5.91 Å². The molecule has 138 valence electrons. The zero-order valence-corrected chi connectivity index (χ0v) is 15.7. The largest absolute Gasteiger partial charge is 0.334 e. The van der Waals surface area contributed by atoms with Crippen molar-refractivity contribution in [2.45, 2.75) is 33.0 Å². The molecule has 0 saturated heterocycles. The van der Waals surface area contributed by atoms with E-state index in [0.29, 0.717) is 26.1 Å². The quantitative estimate of drug-likeness (QED) is 0.713. The number of benzene rings is 2. The van der Waals surface area contributed by atoms with Crippen LogP contribution in [0.3, 0.4) is 0 Å². The van der Waals surface area contributed by atoms with Crippen LogP contribution in [0, 0.1) is 6.92 Å². The Morgan fingerprint density at radius 1 is 1.04 bits per heavy atom. The van der Waals surface area contributed by atoms with Crippen LogP contribution in [0.25, 0.3) is 0 Å². The van der Waals surface area contributed by atoms with Crippen molar-refractivity contribution in [1.82, 2.24) is 15.1 Å². The van der Waals surface area contributed by atoms with Gasteiger partial charge in [0.25, 0.3) is 0 Å². The molecule has 3 heterocycles. The fourth-order valence-corrected chi connectivity index (χ4v) is 4.07. The van der Waals surface area contributed by atoms with E-state index in [1.807, 2.05) is 17.0 Å². The molecule has 28 heavy (non-hydrogen) atoms. The SMILES string of the molecule is Cc1cccc(CN2Cc3cc4c(cc3CC2=O)CN=C4c2ccnnc2)c1. The summed E-state index contributed by atoms with van der Waals surface area (Å²) >= 11 is 0. The molecule has 0 bridgehead atoms. The van der Waals surface area contributed by atoms with Crippen LogP contribution in [0.5, 0.6) is 0 Å². The van der Waals surface area contributed by atoms with Crippen molar-refractivity contribution in [2.24, 2.45) is 4.99 Å². The highest BCUT2D eigenvalue weighted by atomic mass is 16.2. The third-order valence-corrected chi connectivity index (χ3v) is 5.46. The first-order chi connectivity index (χ1) is 13.7. The van der Waals surface area contributed by atoms with Gasteiger partial charge in [0.05, 0.1) is 31.1 Å². The van der Waals surface area contributed by atoms with E-state index >= 15 is 0 Å². The molecular weight excluding hydrogens is 348 g/mol. The molecule has 0 aliphatic carbocycles. The van der Waals surface area contributed by atoms with Crippen LogP contribution in [0.1, 0.15) is 38.9 Å². The van der Waals surface area contributed by atoms with Crippen molar-refractivity contribution in [3.8, 4) is 0 Å². The minimum Gasteiger partial charge on any atom is -0.334 e. The van der Waals surface area contributed by atoms with Gasteiger partial charge in [0.15, 0.2) is 0 Å². The van der Waals surface area contributed by atoms with Gasteiger partial charge in [-0.15, -0.1) is 0 Å². The minimum atomic E-state index is 0.187. The van der Waals surface area contributed by atoms with Crippen LogP contribution in [0.15, 0.2) is 59.9 Å². The highest BCUT2D eigenvalue weighted by Gasteiger charge is 2.27. The van der Waals surface area contributed by atoms with E-state index in [0.717, 1.165) is 22.4 Å². The Labute approximate surface area is 163 Å². The van der Waals surface area contributed by atoms with E-state index < -0.39 is 0 Å². The topological polar surface area (TPSA) is 58.5 Å². The summed E-state index contributed by atoms with van der Waals surface area (Å²) in [6, 6.07) is 14.7.